The SMILES string of the molecule is CCO[Si](CCCl)(CC[Si](OCC)(OCC)OCC)OCC. The average molecular weight is 373 g/mol. The Labute approximate surface area is 143 Å². The van der Waals surface area contributed by atoms with E-state index in [1.165, 1.54) is 0 Å². The van der Waals surface area contributed by atoms with E-state index in [-0.39, 0.29) is 0 Å². The van der Waals surface area contributed by atoms with Crippen molar-refractivity contribution in [1.82, 2.24) is 0 Å². The minimum Gasteiger partial charge on any atom is -0.394 e. The molecule has 0 aromatic heterocycles. The van der Waals surface area contributed by atoms with Gasteiger partial charge in [0, 0.05) is 51.0 Å². The maximum Gasteiger partial charge on any atom is 0.500 e. The summed E-state index contributed by atoms with van der Waals surface area (Å²) in [6.45, 7) is 12.9. The summed E-state index contributed by atoms with van der Waals surface area (Å²) >= 11 is 5.98. The fraction of sp³-hybridized carbons (Fsp3) is 1.00. The number of alkyl halides is 1. The highest BCUT2D eigenvalue weighted by Gasteiger charge is 2.46. The van der Waals surface area contributed by atoms with Crippen LogP contribution in [0.5, 0.6) is 0 Å². The molecule has 0 rings (SSSR count). The van der Waals surface area contributed by atoms with Crippen molar-refractivity contribution in [1.29, 1.82) is 0 Å². The summed E-state index contributed by atoms with van der Waals surface area (Å²) in [5, 5.41) is 0. The quantitative estimate of drug-likeness (QED) is 0.323. The molecule has 0 spiro atoms. The fourth-order valence-corrected chi connectivity index (χ4v) is 10.3. The first kappa shape index (κ1) is 22.5. The first-order valence-corrected chi connectivity index (χ1v) is 13.0. The van der Waals surface area contributed by atoms with E-state index in [0.29, 0.717) is 45.0 Å². The predicted octanol–water partition coefficient (Wildman–Crippen LogP) is 3.79. The zero-order valence-electron chi connectivity index (χ0n) is 14.8. The second-order valence-electron chi connectivity index (χ2n) is 4.70. The van der Waals surface area contributed by atoms with Crippen molar-refractivity contribution in [3.8, 4) is 0 Å². The second-order valence-corrected chi connectivity index (χ2v) is 11.2. The molecule has 0 aliphatic rings. The molecule has 0 amide bonds. The van der Waals surface area contributed by atoms with E-state index in [0.717, 1.165) is 12.1 Å². The van der Waals surface area contributed by atoms with Crippen LogP contribution in [0.25, 0.3) is 0 Å². The van der Waals surface area contributed by atoms with Crippen molar-refractivity contribution in [3.63, 3.8) is 0 Å². The highest BCUT2D eigenvalue weighted by Crippen LogP contribution is 2.28. The Balaban J connectivity index is 5.04. The molecule has 0 unspecified atom stereocenters. The summed E-state index contributed by atoms with van der Waals surface area (Å²) in [6, 6.07) is 2.27. The van der Waals surface area contributed by atoms with Crippen molar-refractivity contribution < 1.29 is 22.1 Å². The van der Waals surface area contributed by atoms with Crippen LogP contribution in [0.4, 0.5) is 0 Å². The largest absolute Gasteiger partial charge is 0.500 e. The predicted molar refractivity (Wildman–Crippen MR) is 94.8 cm³/mol. The molecule has 0 N–H and O–H groups in total. The van der Waals surface area contributed by atoms with Crippen LogP contribution < -0.4 is 0 Å². The molecule has 0 aliphatic carbocycles. The molecule has 0 saturated carbocycles. The monoisotopic (exact) mass is 372 g/mol. The van der Waals surface area contributed by atoms with Crippen molar-refractivity contribution in [2.24, 2.45) is 0 Å². The maximum atomic E-state index is 6.03. The van der Waals surface area contributed by atoms with Gasteiger partial charge in [-0.15, -0.1) is 11.6 Å². The molecule has 0 radical (unpaired) electrons. The molecular formula is C14H33ClO5Si2. The molecule has 5 nitrogen and oxygen atoms in total. The molecule has 0 aromatic carbocycles. The van der Waals surface area contributed by atoms with E-state index in [2.05, 4.69) is 0 Å². The number of hydrogen-bond donors (Lipinski definition) is 0. The minimum atomic E-state index is -2.66. The lowest BCUT2D eigenvalue weighted by Crippen LogP contribution is -2.50. The van der Waals surface area contributed by atoms with E-state index in [1.54, 1.807) is 0 Å². The third kappa shape index (κ3) is 7.87. The van der Waals surface area contributed by atoms with E-state index in [9.17, 15) is 0 Å². The van der Waals surface area contributed by atoms with Crippen molar-refractivity contribution in [2.75, 3.05) is 38.9 Å². The molecule has 0 saturated heterocycles. The Hall–Kier alpha value is 0.524. The molecule has 0 fully saturated rings. The van der Waals surface area contributed by atoms with E-state index < -0.39 is 17.4 Å². The van der Waals surface area contributed by atoms with Crippen LogP contribution in [0.15, 0.2) is 0 Å². The Morgan fingerprint density at radius 1 is 0.591 bits per heavy atom. The summed E-state index contributed by atoms with van der Waals surface area (Å²) in [5.41, 5.74) is 0. The number of rotatable bonds is 15. The van der Waals surface area contributed by atoms with Crippen LogP contribution in [0.2, 0.25) is 18.1 Å². The van der Waals surface area contributed by atoms with Crippen LogP contribution in [-0.2, 0) is 22.1 Å². The summed E-state index contributed by atoms with van der Waals surface area (Å²) in [7, 11) is -4.99. The van der Waals surface area contributed by atoms with Gasteiger partial charge in [-0.2, -0.15) is 0 Å². The lowest BCUT2D eigenvalue weighted by molar-refractivity contribution is 0.0711. The molecular weight excluding hydrogens is 340 g/mol. The molecule has 22 heavy (non-hydrogen) atoms. The molecule has 0 bridgehead atoms. The lowest BCUT2D eigenvalue weighted by atomic mass is 10.9. The zero-order chi connectivity index (χ0) is 16.9. The van der Waals surface area contributed by atoms with Gasteiger partial charge in [0.25, 0.3) is 0 Å². The first-order valence-electron chi connectivity index (χ1n) is 8.33. The van der Waals surface area contributed by atoms with E-state index >= 15 is 0 Å². The standard InChI is InChI=1S/C14H33ClO5Si2/c1-6-16-21(12-11-15,17-7-2)13-14-22(18-8-3,19-9-4)20-10-5/h6-14H2,1-5H3. The smallest absolute Gasteiger partial charge is 0.394 e. The molecule has 134 valence electrons. The molecule has 8 heteroatoms. The minimum absolute atomic E-state index is 0.540. The highest BCUT2D eigenvalue weighted by molar-refractivity contribution is 6.71. The van der Waals surface area contributed by atoms with E-state index in [4.69, 9.17) is 33.7 Å². The first-order chi connectivity index (χ1) is 10.6. The Morgan fingerprint density at radius 2 is 1.00 bits per heavy atom. The van der Waals surface area contributed by atoms with E-state index in [1.807, 2.05) is 34.6 Å². The molecule has 0 heterocycles. The van der Waals surface area contributed by atoms with Gasteiger partial charge in [0.1, 0.15) is 0 Å². The van der Waals surface area contributed by atoms with Crippen molar-refractivity contribution in [2.45, 2.75) is 52.8 Å². The average Bonchev–Trinajstić information content (AvgIpc) is 2.47. The zero-order valence-corrected chi connectivity index (χ0v) is 17.5. The van der Waals surface area contributed by atoms with Gasteiger partial charge in [-0.1, -0.05) is 0 Å². The van der Waals surface area contributed by atoms with Crippen molar-refractivity contribution in [3.05, 3.63) is 0 Å². The summed E-state index contributed by atoms with van der Waals surface area (Å²) < 4.78 is 29.8. The summed E-state index contributed by atoms with van der Waals surface area (Å²) in [4.78, 5) is 0. The highest BCUT2D eigenvalue weighted by atomic mass is 35.5. The van der Waals surface area contributed by atoms with Gasteiger partial charge in [0.2, 0.25) is 0 Å². The second kappa shape index (κ2) is 12.9. The fourth-order valence-electron chi connectivity index (χ4n) is 2.47. The maximum absolute atomic E-state index is 6.03. The van der Waals surface area contributed by atoms with Crippen molar-refractivity contribution >= 4 is 29.0 Å². The summed E-state index contributed by atoms with van der Waals surface area (Å²) in [6.07, 6.45) is 0. The topological polar surface area (TPSA) is 46.2 Å². The Kier molecular flexibility index (Phi) is 13.2. The van der Waals surface area contributed by atoms with Crippen LogP contribution in [0.3, 0.4) is 0 Å². The van der Waals surface area contributed by atoms with Crippen LogP contribution >= 0.6 is 11.6 Å². The van der Waals surface area contributed by atoms with Gasteiger partial charge in [0.05, 0.1) is 0 Å². The Morgan fingerprint density at radius 3 is 1.32 bits per heavy atom. The van der Waals surface area contributed by atoms with Gasteiger partial charge in [-0.3, -0.25) is 0 Å². The molecule has 0 aliphatic heterocycles. The van der Waals surface area contributed by atoms with Crippen LogP contribution in [-0.4, -0.2) is 56.3 Å². The summed E-state index contributed by atoms with van der Waals surface area (Å²) in [5.74, 6) is 0.540. The normalized spacial score (nSPS) is 12.8. The van der Waals surface area contributed by atoms with Crippen LogP contribution in [0, 0.1) is 0 Å². The molecule has 0 aromatic rings. The van der Waals surface area contributed by atoms with Crippen LogP contribution in [0.1, 0.15) is 34.6 Å². The van der Waals surface area contributed by atoms with Gasteiger partial charge in [-0.05, 0) is 40.7 Å². The lowest BCUT2D eigenvalue weighted by Gasteiger charge is -2.34. The molecule has 0 atom stereocenters. The van der Waals surface area contributed by atoms with Gasteiger partial charge < -0.3 is 22.1 Å². The number of hydrogen-bond acceptors (Lipinski definition) is 5. The third-order valence-corrected chi connectivity index (χ3v) is 10.9. The van der Waals surface area contributed by atoms with Gasteiger partial charge in [0.15, 0.2) is 0 Å². The van der Waals surface area contributed by atoms with Gasteiger partial charge >= 0.3 is 17.4 Å². The Bertz CT molecular complexity index is 212. The van der Waals surface area contributed by atoms with Gasteiger partial charge in [-0.25, -0.2) is 0 Å². The third-order valence-electron chi connectivity index (χ3n) is 3.20. The number of halogens is 1.